The molecule has 0 spiro atoms. The fourth-order valence-corrected chi connectivity index (χ4v) is 1.29. The maximum Gasteiger partial charge on any atom is 0.0946 e. The van der Waals surface area contributed by atoms with Crippen molar-refractivity contribution < 1.29 is 4.74 Å². The summed E-state index contributed by atoms with van der Waals surface area (Å²) in [6, 6.07) is -0.129. The van der Waals surface area contributed by atoms with Gasteiger partial charge in [-0.15, -0.1) is 5.10 Å². The molecule has 0 fully saturated rings. The summed E-state index contributed by atoms with van der Waals surface area (Å²) in [4.78, 5) is 0. The number of rotatable bonds is 5. The van der Waals surface area contributed by atoms with Crippen molar-refractivity contribution in [1.82, 2.24) is 9.59 Å². The highest BCUT2D eigenvalue weighted by Crippen LogP contribution is 2.07. The van der Waals surface area contributed by atoms with Crippen LogP contribution in [0.2, 0.25) is 0 Å². The molecule has 0 aliphatic rings. The zero-order valence-corrected chi connectivity index (χ0v) is 7.88. The third kappa shape index (κ3) is 2.84. The van der Waals surface area contributed by atoms with Crippen molar-refractivity contribution in [2.45, 2.75) is 19.4 Å². The van der Waals surface area contributed by atoms with E-state index in [9.17, 15) is 0 Å². The summed E-state index contributed by atoms with van der Waals surface area (Å²) in [6.07, 6.45) is 1.02. The second kappa shape index (κ2) is 5.18. The van der Waals surface area contributed by atoms with Crippen LogP contribution in [0.3, 0.4) is 0 Å². The number of hydrogen-bond donors (Lipinski definition) is 1. The monoisotopic (exact) mass is 187 g/mol. The standard InChI is InChI=1S/C7H13N3OS/c1-2-3-11-4-6(8)7-5-12-10-9-7/h5-6H,2-4,8H2,1H3. The number of aromatic nitrogens is 2. The van der Waals surface area contributed by atoms with Crippen LogP contribution in [0.1, 0.15) is 25.1 Å². The molecule has 1 unspecified atom stereocenters. The molecule has 0 amide bonds. The van der Waals surface area contributed by atoms with Crippen molar-refractivity contribution >= 4 is 11.5 Å². The molecule has 0 aliphatic heterocycles. The average molecular weight is 187 g/mol. The predicted molar refractivity (Wildman–Crippen MR) is 47.9 cm³/mol. The van der Waals surface area contributed by atoms with E-state index >= 15 is 0 Å². The molecule has 0 saturated carbocycles. The molecule has 1 heterocycles. The second-order valence-corrected chi connectivity index (χ2v) is 3.12. The number of hydrogen-bond acceptors (Lipinski definition) is 5. The summed E-state index contributed by atoms with van der Waals surface area (Å²) in [5, 5.41) is 5.71. The highest BCUT2D eigenvalue weighted by atomic mass is 32.1. The summed E-state index contributed by atoms with van der Waals surface area (Å²) in [7, 11) is 0. The van der Waals surface area contributed by atoms with Gasteiger partial charge >= 0.3 is 0 Å². The van der Waals surface area contributed by atoms with Gasteiger partial charge in [-0.1, -0.05) is 11.4 Å². The van der Waals surface area contributed by atoms with Gasteiger partial charge in [0.2, 0.25) is 0 Å². The summed E-state index contributed by atoms with van der Waals surface area (Å²) >= 11 is 1.31. The Labute approximate surface area is 75.9 Å². The van der Waals surface area contributed by atoms with Crippen LogP contribution < -0.4 is 5.73 Å². The van der Waals surface area contributed by atoms with Gasteiger partial charge in [-0.3, -0.25) is 0 Å². The molecule has 1 aromatic rings. The lowest BCUT2D eigenvalue weighted by molar-refractivity contribution is 0.120. The molecule has 1 atom stereocenters. The van der Waals surface area contributed by atoms with E-state index in [1.807, 2.05) is 5.38 Å². The molecule has 68 valence electrons. The minimum atomic E-state index is -0.129. The second-order valence-electron chi connectivity index (χ2n) is 2.51. The van der Waals surface area contributed by atoms with Gasteiger partial charge < -0.3 is 10.5 Å². The summed E-state index contributed by atoms with van der Waals surface area (Å²) < 4.78 is 9.01. The molecule has 0 aliphatic carbocycles. The van der Waals surface area contributed by atoms with Crippen molar-refractivity contribution in [3.8, 4) is 0 Å². The lowest BCUT2D eigenvalue weighted by Crippen LogP contribution is -2.17. The van der Waals surface area contributed by atoms with Gasteiger partial charge in [0.25, 0.3) is 0 Å². The van der Waals surface area contributed by atoms with Crippen molar-refractivity contribution in [3.05, 3.63) is 11.1 Å². The van der Waals surface area contributed by atoms with Gasteiger partial charge in [0.1, 0.15) is 0 Å². The normalized spacial score (nSPS) is 13.2. The molecule has 1 aromatic heterocycles. The van der Waals surface area contributed by atoms with Gasteiger partial charge in [0.05, 0.1) is 18.3 Å². The first kappa shape index (κ1) is 9.57. The molecule has 5 heteroatoms. The van der Waals surface area contributed by atoms with Gasteiger partial charge in [-0.2, -0.15) is 0 Å². The molecule has 0 aromatic carbocycles. The van der Waals surface area contributed by atoms with Crippen molar-refractivity contribution in [2.24, 2.45) is 5.73 Å². The Morgan fingerprint density at radius 2 is 2.58 bits per heavy atom. The number of ether oxygens (including phenoxy) is 1. The maximum absolute atomic E-state index is 5.76. The molecule has 0 saturated heterocycles. The quantitative estimate of drug-likeness (QED) is 0.698. The first-order valence-corrected chi connectivity index (χ1v) is 4.78. The van der Waals surface area contributed by atoms with Crippen molar-refractivity contribution in [3.63, 3.8) is 0 Å². The Kier molecular flexibility index (Phi) is 4.13. The van der Waals surface area contributed by atoms with E-state index in [1.165, 1.54) is 11.5 Å². The zero-order valence-electron chi connectivity index (χ0n) is 7.06. The summed E-state index contributed by atoms with van der Waals surface area (Å²) in [5.74, 6) is 0. The lowest BCUT2D eigenvalue weighted by Gasteiger charge is -2.07. The Balaban J connectivity index is 2.25. The molecule has 0 bridgehead atoms. The van der Waals surface area contributed by atoms with Gasteiger partial charge in [-0.05, 0) is 18.0 Å². The van der Waals surface area contributed by atoms with Crippen LogP contribution in [0.5, 0.6) is 0 Å². The van der Waals surface area contributed by atoms with Gasteiger partial charge in [0, 0.05) is 12.0 Å². The highest BCUT2D eigenvalue weighted by Gasteiger charge is 2.07. The van der Waals surface area contributed by atoms with Crippen LogP contribution in [-0.2, 0) is 4.74 Å². The molecule has 0 radical (unpaired) electrons. The Hall–Kier alpha value is -0.520. The maximum atomic E-state index is 5.76. The first-order valence-electron chi connectivity index (χ1n) is 3.95. The van der Waals surface area contributed by atoms with Crippen LogP contribution >= 0.6 is 11.5 Å². The molecular formula is C7H13N3OS. The largest absolute Gasteiger partial charge is 0.379 e. The van der Waals surface area contributed by atoms with E-state index in [4.69, 9.17) is 10.5 Å². The van der Waals surface area contributed by atoms with E-state index in [1.54, 1.807) is 0 Å². The van der Waals surface area contributed by atoms with Gasteiger partial charge in [-0.25, -0.2) is 0 Å². The minimum Gasteiger partial charge on any atom is -0.379 e. The Bertz CT molecular complexity index is 202. The van der Waals surface area contributed by atoms with Gasteiger partial charge in [0.15, 0.2) is 0 Å². The lowest BCUT2D eigenvalue weighted by atomic mass is 10.3. The van der Waals surface area contributed by atoms with E-state index in [-0.39, 0.29) is 6.04 Å². The fraction of sp³-hybridized carbons (Fsp3) is 0.714. The molecule has 12 heavy (non-hydrogen) atoms. The number of nitrogens with two attached hydrogens (primary N) is 1. The van der Waals surface area contributed by atoms with Crippen LogP contribution in [0.25, 0.3) is 0 Å². The predicted octanol–water partition coefficient (Wildman–Crippen LogP) is 0.964. The third-order valence-corrected chi connectivity index (χ3v) is 1.93. The van der Waals surface area contributed by atoms with E-state index in [2.05, 4.69) is 16.5 Å². The van der Waals surface area contributed by atoms with Crippen molar-refractivity contribution in [1.29, 1.82) is 0 Å². The van der Waals surface area contributed by atoms with E-state index < -0.39 is 0 Å². The molecule has 4 nitrogen and oxygen atoms in total. The van der Waals surface area contributed by atoms with Crippen LogP contribution in [0.15, 0.2) is 5.38 Å². The highest BCUT2D eigenvalue weighted by molar-refractivity contribution is 7.03. The molecule has 2 N–H and O–H groups in total. The number of nitrogens with zero attached hydrogens (tertiary/aromatic N) is 2. The SMILES string of the molecule is CCCOCC(N)c1csnn1. The first-order chi connectivity index (χ1) is 5.84. The fourth-order valence-electron chi connectivity index (χ4n) is 0.773. The van der Waals surface area contributed by atoms with Crippen LogP contribution in [0, 0.1) is 0 Å². The summed E-state index contributed by atoms with van der Waals surface area (Å²) in [6.45, 7) is 3.35. The summed E-state index contributed by atoms with van der Waals surface area (Å²) in [5.41, 5.74) is 6.58. The Morgan fingerprint density at radius 3 is 3.17 bits per heavy atom. The molecule has 1 rings (SSSR count). The minimum absolute atomic E-state index is 0.129. The smallest absolute Gasteiger partial charge is 0.0946 e. The average Bonchev–Trinajstić information content (AvgIpc) is 2.56. The van der Waals surface area contributed by atoms with E-state index in [0.717, 1.165) is 18.7 Å². The topological polar surface area (TPSA) is 61.0 Å². The van der Waals surface area contributed by atoms with E-state index in [0.29, 0.717) is 6.61 Å². The van der Waals surface area contributed by atoms with Crippen LogP contribution in [-0.4, -0.2) is 22.8 Å². The molecular weight excluding hydrogens is 174 g/mol. The Morgan fingerprint density at radius 1 is 1.75 bits per heavy atom. The zero-order chi connectivity index (χ0) is 8.81. The third-order valence-electron chi connectivity index (χ3n) is 1.40. The van der Waals surface area contributed by atoms with Crippen LogP contribution in [0.4, 0.5) is 0 Å². The van der Waals surface area contributed by atoms with Crippen molar-refractivity contribution in [2.75, 3.05) is 13.2 Å².